The zero-order valence-corrected chi connectivity index (χ0v) is 16.4. The zero-order valence-electron chi connectivity index (χ0n) is 15.6. The van der Waals surface area contributed by atoms with Gasteiger partial charge in [0.05, 0.1) is 22.6 Å². The lowest BCUT2D eigenvalue weighted by atomic mass is 10.1. The number of nitro benzene ring substituents is 1. The summed E-state index contributed by atoms with van der Waals surface area (Å²) in [4.78, 5) is 37.0. The normalized spacial score (nSPS) is 15.1. The van der Waals surface area contributed by atoms with Crippen molar-refractivity contribution in [2.75, 3.05) is 12.0 Å². The van der Waals surface area contributed by atoms with E-state index in [4.69, 9.17) is 9.15 Å². The first-order valence-electron chi connectivity index (χ1n) is 8.73. The molecule has 1 aliphatic heterocycles. The smallest absolute Gasteiger partial charge is 0.298 e. The molecule has 0 unspecified atom stereocenters. The van der Waals surface area contributed by atoms with Crippen molar-refractivity contribution in [3.8, 4) is 17.1 Å². The van der Waals surface area contributed by atoms with E-state index in [0.717, 1.165) is 16.7 Å². The van der Waals surface area contributed by atoms with Gasteiger partial charge in [-0.25, -0.2) is 4.90 Å². The Kier molecular flexibility index (Phi) is 5.11. The van der Waals surface area contributed by atoms with Crippen molar-refractivity contribution in [2.24, 2.45) is 0 Å². The molecule has 1 saturated heterocycles. The number of para-hydroxylation sites is 2. The molecule has 150 valence electrons. The maximum atomic E-state index is 12.8. The van der Waals surface area contributed by atoms with Crippen LogP contribution in [-0.2, 0) is 4.79 Å². The van der Waals surface area contributed by atoms with Gasteiger partial charge in [-0.1, -0.05) is 24.3 Å². The number of amides is 2. The van der Waals surface area contributed by atoms with Crippen LogP contribution in [0.2, 0.25) is 0 Å². The number of carbonyl (C=O) groups excluding carboxylic acids is 2. The molecule has 8 nitrogen and oxygen atoms in total. The van der Waals surface area contributed by atoms with Crippen LogP contribution in [0.1, 0.15) is 5.76 Å². The number of non-ortho nitro benzene ring substituents is 1. The number of methoxy groups -OCH3 is 1. The summed E-state index contributed by atoms with van der Waals surface area (Å²) in [6.45, 7) is 0. The highest BCUT2D eigenvalue weighted by atomic mass is 32.2. The number of imide groups is 1. The minimum atomic E-state index is -0.485. The van der Waals surface area contributed by atoms with Crippen LogP contribution in [-0.4, -0.2) is 23.2 Å². The quantitative estimate of drug-likeness (QED) is 0.320. The predicted molar refractivity (Wildman–Crippen MR) is 112 cm³/mol. The molecule has 0 radical (unpaired) electrons. The van der Waals surface area contributed by atoms with E-state index in [1.165, 1.54) is 25.3 Å². The van der Waals surface area contributed by atoms with Crippen LogP contribution >= 0.6 is 11.8 Å². The minimum absolute atomic E-state index is 0.0524. The van der Waals surface area contributed by atoms with Crippen LogP contribution in [0, 0.1) is 10.1 Å². The first kappa shape index (κ1) is 19.5. The number of ether oxygens (including phenoxy) is 1. The average Bonchev–Trinajstić information content (AvgIpc) is 3.32. The fraction of sp³-hybridized carbons (Fsp3) is 0.0476. The topological polar surface area (TPSA) is 103 Å². The Morgan fingerprint density at radius 3 is 2.67 bits per heavy atom. The number of carbonyl (C=O) groups is 2. The standard InChI is InChI=1S/C21H14N2O6S/c1-28-18-8-3-2-7-16(18)22-20(24)19(30-21(22)25)12-15-9-10-17(29-15)13-5-4-6-14(11-13)23(26)27/h2-12H,1H3/b19-12+. The predicted octanol–water partition coefficient (Wildman–Crippen LogP) is 5.10. The Labute approximate surface area is 174 Å². The van der Waals surface area contributed by atoms with Crippen LogP contribution in [0.25, 0.3) is 17.4 Å². The molecule has 2 amide bonds. The Balaban J connectivity index is 1.62. The molecular formula is C21H14N2O6S. The molecular weight excluding hydrogens is 408 g/mol. The Morgan fingerprint density at radius 2 is 1.90 bits per heavy atom. The molecule has 0 N–H and O–H groups in total. The lowest BCUT2D eigenvalue weighted by Gasteiger charge is -2.15. The monoisotopic (exact) mass is 422 g/mol. The van der Waals surface area contributed by atoms with Gasteiger partial charge in [0.2, 0.25) is 0 Å². The highest BCUT2D eigenvalue weighted by Gasteiger charge is 2.37. The molecule has 2 aromatic carbocycles. The Hall–Kier alpha value is -3.85. The van der Waals surface area contributed by atoms with Gasteiger partial charge in [0.25, 0.3) is 16.8 Å². The van der Waals surface area contributed by atoms with E-state index in [1.807, 2.05) is 0 Å². The molecule has 2 heterocycles. The summed E-state index contributed by atoms with van der Waals surface area (Å²) in [7, 11) is 1.46. The summed E-state index contributed by atoms with van der Waals surface area (Å²) in [6, 6.07) is 16.1. The summed E-state index contributed by atoms with van der Waals surface area (Å²) in [5.74, 6) is 0.686. The van der Waals surface area contributed by atoms with Crippen LogP contribution < -0.4 is 9.64 Å². The summed E-state index contributed by atoms with van der Waals surface area (Å²) in [6.07, 6.45) is 1.47. The maximum Gasteiger partial charge on any atom is 0.298 e. The molecule has 0 aliphatic carbocycles. The number of rotatable bonds is 5. The molecule has 4 rings (SSSR count). The van der Waals surface area contributed by atoms with Crippen LogP contribution in [0.4, 0.5) is 16.2 Å². The molecule has 30 heavy (non-hydrogen) atoms. The van der Waals surface area contributed by atoms with E-state index >= 15 is 0 Å². The number of nitro groups is 1. The largest absolute Gasteiger partial charge is 0.495 e. The average molecular weight is 422 g/mol. The number of nitrogens with zero attached hydrogens (tertiary/aromatic N) is 2. The molecule has 9 heteroatoms. The molecule has 1 fully saturated rings. The molecule has 1 aliphatic rings. The van der Waals surface area contributed by atoms with E-state index < -0.39 is 16.1 Å². The fourth-order valence-corrected chi connectivity index (χ4v) is 3.79. The van der Waals surface area contributed by atoms with E-state index in [1.54, 1.807) is 48.5 Å². The third-order valence-corrected chi connectivity index (χ3v) is 5.23. The fourth-order valence-electron chi connectivity index (χ4n) is 2.98. The number of thioether (sulfide) groups is 1. The molecule has 0 bridgehead atoms. The third kappa shape index (κ3) is 3.58. The second-order valence-electron chi connectivity index (χ2n) is 6.20. The third-order valence-electron chi connectivity index (χ3n) is 4.36. The number of hydrogen-bond acceptors (Lipinski definition) is 7. The van der Waals surface area contributed by atoms with Gasteiger partial charge in [-0.15, -0.1) is 0 Å². The molecule has 0 atom stereocenters. The van der Waals surface area contributed by atoms with E-state index in [-0.39, 0.29) is 10.6 Å². The summed E-state index contributed by atoms with van der Waals surface area (Å²) in [5.41, 5.74) is 0.844. The number of hydrogen-bond donors (Lipinski definition) is 0. The van der Waals surface area contributed by atoms with E-state index in [2.05, 4.69) is 0 Å². The number of anilines is 1. The van der Waals surface area contributed by atoms with Crippen molar-refractivity contribution in [2.45, 2.75) is 0 Å². The minimum Gasteiger partial charge on any atom is -0.495 e. The van der Waals surface area contributed by atoms with Crippen molar-refractivity contribution in [1.82, 2.24) is 0 Å². The molecule has 3 aromatic rings. The maximum absolute atomic E-state index is 12.8. The van der Waals surface area contributed by atoms with Gasteiger partial charge in [0, 0.05) is 23.8 Å². The van der Waals surface area contributed by atoms with E-state index in [0.29, 0.717) is 28.5 Å². The number of benzene rings is 2. The summed E-state index contributed by atoms with van der Waals surface area (Å²) < 4.78 is 11.0. The van der Waals surface area contributed by atoms with Crippen molar-refractivity contribution in [3.05, 3.63) is 81.4 Å². The van der Waals surface area contributed by atoms with Crippen LogP contribution in [0.3, 0.4) is 0 Å². The molecule has 1 aromatic heterocycles. The van der Waals surface area contributed by atoms with Gasteiger partial charge >= 0.3 is 0 Å². The molecule has 0 spiro atoms. The van der Waals surface area contributed by atoms with Crippen LogP contribution in [0.5, 0.6) is 5.75 Å². The SMILES string of the molecule is COc1ccccc1N1C(=O)S/C(=C/c2ccc(-c3cccc([N+](=O)[O-])c3)o2)C1=O. The van der Waals surface area contributed by atoms with Crippen molar-refractivity contribution < 1.29 is 23.7 Å². The lowest BCUT2D eigenvalue weighted by Crippen LogP contribution is -2.28. The van der Waals surface area contributed by atoms with Gasteiger partial charge in [-0.2, -0.15) is 0 Å². The first-order valence-corrected chi connectivity index (χ1v) is 9.55. The van der Waals surface area contributed by atoms with Crippen molar-refractivity contribution in [3.63, 3.8) is 0 Å². The second kappa shape index (κ2) is 7.88. The van der Waals surface area contributed by atoms with Gasteiger partial charge < -0.3 is 9.15 Å². The van der Waals surface area contributed by atoms with E-state index in [9.17, 15) is 19.7 Å². The van der Waals surface area contributed by atoms with Gasteiger partial charge in [0.15, 0.2) is 0 Å². The Morgan fingerprint density at radius 1 is 1.10 bits per heavy atom. The van der Waals surface area contributed by atoms with Gasteiger partial charge in [-0.3, -0.25) is 19.7 Å². The highest BCUT2D eigenvalue weighted by molar-refractivity contribution is 8.19. The summed E-state index contributed by atoms with van der Waals surface area (Å²) >= 11 is 0.796. The van der Waals surface area contributed by atoms with Gasteiger partial charge in [-0.05, 0) is 36.0 Å². The number of furan rings is 1. The van der Waals surface area contributed by atoms with Crippen molar-refractivity contribution >= 4 is 40.4 Å². The van der Waals surface area contributed by atoms with Crippen molar-refractivity contribution in [1.29, 1.82) is 0 Å². The zero-order chi connectivity index (χ0) is 21.3. The lowest BCUT2D eigenvalue weighted by molar-refractivity contribution is -0.384. The molecule has 0 saturated carbocycles. The van der Waals surface area contributed by atoms with Crippen LogP contribution in [0.15, 0.2) is 70.0 Å². The summed E-state index contributed by atoms with van der Waals surface area (Å²) in [5, 5.41) is 10.5. The highest BCUT2D eigenvalue weighted by Crippen LogP contribution is 2.39. The second-order valence-corrected chi connectivity index (χ2v) is 7.19. The Bertz CT molecular complexity index is 1200. The van der Waals surface area contributed by atoms with Gasteiger partial charge in [0.1, 0.15) is 17.3 Å². The first-order chi connectivity index (χ1) is 14.5.